The van der Waals surface area contributed by atoms with Gasteiger partial charge in [-0.1, -0.05) is 6.07 Å². The van der Waals surface area contributed by atoms with E-state index in [0.29, 0.717) is 37.1 Å². The number of likely N-dealkylation sites (tertiary alicyclic amines) is 1. The Kier molecular flexibility index (Phi) is 7.91. The van der Waals surface area contributed by atoms with Gasteiger partial charge in [-0.05, 0) is 105 Å². The summed E-state index contributed by atoms with van der Waals surface area (Å²) >= 11 is 0. The molecule has 0 unspecified atom stereocenters. The van der Waals surface area contributed by atoms with Gasteiger partial charge in [0.25, 0.3) is 5.91 Å². The van der Waals surface area contributed by atoms with E-state index < -0.39 is 29.1 Å². The summed E-state index contributed by atoms with van der Waals surface area (Å²) < 4.78 is 66.3. The van der Waals surface area contributed by atoms with Gasteiger partial charge in [0.05, 0.1) is 24.8 Å². The average molecular weight is 605 g/mol. The van der Waals surface area contributed by atoms with Crippen LogP contribution in [0.4, 0.5) is 17.6 Å². The second-order valence-corrected chi connectivity index (χ2v) is 12.3. The Morgan fingerprint density at radius 1 is 1.05 bits per heavy atom. The molecule has 3 aliphatic heterocycles. The Bertz CT molecular complexity index is 1390. The van der Waals surface area contributed by atoms with Gasteiger partial charge in [-0.25, -0.2) is 9.18 Å². The van der Waals surface area contributed by atoms with Gasteiger partial charge in [0, 0.05) is 24.7 Å². The lowest BCUT2D eigenvalue weighted by molar-refractivity contribution is -0.177. The number of methoxy groups -OCH3 is 1. The molecular weight excluding hydrogens is 568 g/mol. The summed E-state index contributed by atoms with van der Waals surface area (Å²) in [4.78, 5) is 29.4. The Labute approximate surface area is 247 Å². The second kappa shape index (κ2) is 11.4. The molecule has 3 heterocycles. The summed E-state index contributed by atoms with van der Waals surface area (Å²) in [7, 11) is 1.36. The van der Waals surface area contributed by atoms with Crippen LogP contribution in [0.15, 0.2) is 30.3 Å². The molecule has 1 N–H and O–H groups in total. The highest BCUT2D eigenvalue weighted by Gasteiger charge is 2.56. The quantitative estimate of drug-likeness (QED) is 0.430. The van der Waals surface area contributed by atoms with E-state index in [1.54, 1.807) is 11.0 Å². The van der Waals surface area contributed by atoms with Gasteiger partial charge < -0.3 is 19.5 Å². The molecule has 2 aromatic rings. The fourth-order valence-corrected chi connectivity index (χ4v) is 7.29. The molecule has 1 saturated carbocycles. The lowest BCUT2D eigenvalue weighted by Gasteiger charge is -2.46. The Morgan fingerprint density at radius 2 is 1.79 bits per heavy atom. The third-order valence-electron chi connectivity index (χ3n) is 9.85. The molecule has 3 fully saturated rings. The summed E-state index contributed by atoms with van der Waals surface area (Å²) in [6.45, 7) is 2.47. The molecule has 2 aromatic carbocycles. The number of ether oxygens (including phenoxy) is 2. The number of fused-ring (bicyclic) bond motifs is 1. The van der Waals surface area contributed by atoms with E-state index in [2.05, 4.69) is 4.90 Å². The number of carbonyl (C=O) groups excluding carboxylic acids is 1. The topological polar surface area (TPSA) is 79.3 Å². The van der Waals surface area contributed by atoms with Crippen LogP contribution in [-0.4, -0.2) is 71.8 Å². The van der Waals surface area contributed by atoms with Crippen LogP contribution in [0.2, 0.25) is 0 Å². The van der Waals surface area contributed by atoms with Crippen LogP contribution >= 0.6 is 0 Å². The van der Waals surface area contributed by atoms with Crippen molar-refractivity contribution in [3.05, 3.63) is 64.0 Å². The number of rotatable bonds is 6. The number of hydrogen-bond acceptors (Lipinski definition) is 5. The summed E-state index contributed by atoms with van der Waals surface area (Å²) in [5.74, 6) is -1.67. The van der Waals surface area contributed by atoms with Gasteiger partial charge in [-0.2, -0.15) is 13.2 Å². The van der Waals surface area contributed by atoms with Crippen LogP contribution in [0, 0.1) is 11.7 Å². The van der Waals surface area contributed by atoms with Crippen molar-refractivity contribution in [2.45, 2.75) is 75.2 Å². The third kappa shape index (κ3) is 5.73. The minimum Gasteiger partial charge on any atom is -0.496 e. The molecular formula is C32H36F4N2O5. The molecule has 0 spiro atoms. The Balaban J connectivity index is 1.10. The number of alkyl halides is 3. The number of halogens is 4. The SMILES string of the molecule is COc1cc(C(F)(F)F)cc2c1CCN(C(=O)[C@@]1(C3CC3)CC[C@@H](N3CCC(c4ccc(F)c(C(=O)O)c4)CC3)CO1)C2. The van der Waals surface area contributed by atoms with Crippen molar-refractivity contribution in [2.75, 3.05) is 33.4 Å². The molecule has 0 radical (unpaired) electrons. The van der Waals surface area contributed by atoms with E-state index in [4.69, 9.17) is 9.47 Å². The molecule has 7 nitrogen and oxygen atoms in total. The number of piperidine rings is 1. The summed E-state index contributed by atoms with van der Waals surface area (Å²) in [5.41, 5.74) is -0.0205. The number of carbonyl (C=O) groups is 2. The molecule has 1 amide bonds. The molecule has 2 saturated heterocycles. The van der Waals surface area contributed by atoms with Gasteiger partial charge in [0.2, 0.25) is 0 Å². The van der Waals surface area contributed by atoms with E-state index in [0.717, 1.165) is 62.9 Å². The maximum atomic E-state index is 14.1. The normalized spacial score (nSPS) is 25.3. The predicted octanol–water partition coefficient (Wildman–Crippen LogP) is 5.64. The fraction of sp³-hybridized carbons (Fsp3) is 0.562. The molecule has 6 rings (SSSR count). The summed E-state index contributed by atoms with van der Waals surface area (Å²) in [6, 6.07) is 6.64. The predicted molar refractivity (Wildman–Crippen MR) is 148 cm³/mol. The van der Waals surface area contributed by atoms with E-state index in [1.807, 2.05) is 0 Å². The van der Waals surface area contributed by atoms with Crippen molar-refractivity contribution in [3.63, 3.8) is 0 Å². The smallest absolute Gasteiger partial charge is 0.416 e. The lowest BCUT2D eigenvalue weighted by Crippen LogP contribution is -2.58. The number of benzene rings is 2. The van der Waals surface area contributed by atoms with Crippen molar-refractivity contribution < 1.29 is 41.7 Å². The number of nitrogens with zero attached hydrogens (tertiary/aromatic N) is 2. The second-order valence-electron chi connectivity index (χ2n) is 12.3. The molecule has 11 heteroatoms. The lowest BCUT2D eigenvalue weighted by atomic mass is 9.83. The first-order valence-corrected chi connectivity index (χ1v) is 15.0. The van der Waals surface area contributed by atoms with Crippen molar-refractivity contribution in [1.29, 1.82) is 0 Å². The zero-order chi connectivity index (χ0) is 30.5. The van der Waals surface area contributed by atoms with Crippen LogP contribution < -0.4 is 4.74 Å². The van der Waals surface area contributed by atoms with Crippen LogP contribution in [0.25, 0.3) is 0 Å². The minimum absolute atomic E-state index is 0.0934. The van der Waals surface area contributed by atoms with Crippen molar-refractivity contribution >= 4 is 11.9 Å². The molecule has 0 bridgehead atoms. The largest absolute Gasteiger partial charge is 0.496 e. The first kappa shape index (κ1) is 29.9. The first-order valence-electron chi connectivity index (χ1n) is 15.0. The maximum absolute atomic E-state index is 14.1. The number of amides is 1. The van der Waals surface area contributed by atoms with Gasteiger partial charge in [0.15, 0.2) is 0 Å². The van der Waals surface area contributed by atoms with Crippen molar-refractivity contribution in [2.24, 2.45) is 5.92 Å². The van der Waals surface area contributed by atoms with Crippen LogP contribution in [-0.2, 0) is 28.7 Å². The van der Waals surface area contributed by atoms with Gasteiger partial charge >= 0.3 is 12.1 Å². The van der Waals surface area contributed by atoms with E-state index >= 15 is 0 Å². The Hall–Kier alpha value is -3.18. The molecule has 232 valence electrons. The molecule has 2 atom stereocenters. The number of aromatic carboxylic acids is 1. The van der Waals surface area contributed by atoms with Gasteiger partial charge in [0.1, 0.15) is 17.2 Å². The highest BCUT2D eigenvalue weighted by Crippen LogP contribution is 2.49. The Morgan fingerprint density at radius 3 is 2.40 bits per heavy atom. The molecule has 43 heavy (non-hydrogen) atoms. The number of carboxylic acid groups (broad SMARTS) is 1. The number of hydrogen-bond donors (Lipinski definition) is 1. The monoisotopic (exact) mass is 604 g/mol. The van der Waals surface area contributed by atoms with E-state index in [1.165, 1.54) is 19.2 Å². The summed E-state index contributed by atoms with van der Waals surface area (Å²) in [6.07, 6.45) is 0.666. The van der Waals surface area contributed by atoms with Crippen molar-refractivity contribution in [3.8, 4) is 5.75 Å². The first-order chi connectivity index (χ1) is 20.5. The van der Waals surface area contributed by atoms with Gasteiger partial charge in [-0.3, -0.25) is 9.69 Å². The fourth-order valence-electron chi connectivity index (χ4n) is 7.29. The third-order valence-corrected chi connectivity index (χ3v) is 9.85. The van der Waals surface area contributed by atoms with E-state index in [-0.39, 0.29) is 41.6 Å². The number of carboxylic acids is 1. The van der Waals surface area contributed by atoms with Crippen LogP contribution in [0.3, 0.4) is 0 Å². The van der Waals surface area contributed by atoms with Crippen LogP contribution in [0.5, 0.6) is 5.75 Å². The average Bonchev–Trinajstić information content (AvgIpc) is 3.86. The minimum atomic E-state index is -4.51. The van der Waals surface area contributed by atoms with Crippen LogP contribution in [0.1, 0.15) is 77.1 Å². The highest BCUT2D eigenvalue weighted by molar-refractivity contribution is 5.88. The zero-order valence-electron chi connectivity index (χ0n) is 24.1. The maximum Gasteiger partial charge on any atom is 0.416 e. The molecule has 1 aliphatic carbocycles. The molecule has 4 aliphatic rings. The van der Waals surface area contributed by atoms with Crippen molar-refractivity contribution in [1.82, 2.24) is 9.80 Å². The van der Waals surface area contributed by atoms with Gasteiger partial charge in [-0.15, -0.1) is 0 Å². The summed E-state index contributed by atoms with van der Waals surface area (Å²) in [5, 5.41) is 9.28. The standard InChI is InChI=1S/C32H36F4N2O5/c1-42-28-16-23(32(34,35)36)14-21-17-38(13-9-25(21)28)30(41)31(22-3-4-22)10-6-24(18-43-31)37-11-7-19(8-12-37)20-2-5-27(33)26(15-20)29(39)40/h2,5,14-16,19,22,24H,3-4,6-13,17-18H2,1H3,(H,39,40)/t24-,31+/m1/s1. The molecule has 0 aromatic heterocycles. The highest BCUT2D eigenvalue weighted by atomic mass is 19.4. The van der Waals surface area contributed by atoms with E-state index in [9.17, 15) is 32.3 Å². The zero-order valence-corrected chi connectivity index (χ0v) is 24.1.